The molecule has 1 aliphatic heterocycles. The Morgan fingerprint density at radius 1 is 1.08 bits per heavy atom. The van der Waals surface area contributed by atoms with Crippen molar-refractivity contribution < 1.29 is 23.1 Å². The fourth-order valence-electron chi connectivity index (χ4n) is 2.36. The molecule has 1 aliphatic rings. The molecule has 0 saturated carbocycles. The third-order valence-corrected chi connectivity index (χ3v) is 3.58. The first kappa shape index (κ1) is 16.1. The first-order valence-electron chi connectivity index (χ1n) is 6.98. The predicted molar refractivity (Wildman–Crippen MR) is 78.8 cm³/mol. The topological polar surface area (TPSA) is 65.8 Å². The van der Waals surface area contributed by atoms with Gasteiger partial charge in [-0.15, -0.1) is 0 Å². The van der Waals surface area contributed by atoms with Crippen molar-refractivity contribution in [3.63, 3.8) is 0 Å². The SMILES string of the molecule is O=C1N(Cc2ccncc2)C(c2ccccc2)=NC1(O)C(F)(F)F. The maximum atomic E-state index is 13.2. The monoisotopic (exact) mass is 335 g/mol. The number of carbonyl (C=O) groups is 1. The summed E-state index contributed by atoms with van der Waals surface area (Å²) in [7, 11) is 0. The van der Waals surface area contributed by atoms with Crippen LogP contribution in [0.3, 0.4) is 0 Å². The van der Waals surface area contributed by atoms with Crippen LogP contribution in [0.4, 0.5) is 13.2 Å². The van der Waals surface area contributed by atoms with Crippen LogP contribution in [0.2, 0.25) is 0 Å². The third-order valence-electron chi connectivity index (χ3n) is 3.58. The van der Waals surface area contributed by atoms with Crippen LogP contribution in [0.1, 0.15) is 11.1 Å². The molecule has 1 aromatic heterocycles. The molecule has 5 nitrogen and oxygen atoms in total. The van der Waals surface area contributed by atoms with Crippen molar-refractivity contribution in [3.05, 3.63) is 66.0 Å². The summed E-state index contributed by atoms with van der Waals surface area (Å²) in [6.45, 7) is -0.159. The lowest BCUT2D eigenvalue weighted by atomic mass is 10.1. The lowest BCUT2D eigenvalue weighted by Gasteiger charge is -2.23. The van der Waals surface area contributed by atoms with E-state index < -0.39 is 17.8 Å². The van der Waals surface area contributed by atoms with E-state index in [9.17, 15) is 23.1 Å². The lowest BCUT2D eigenvalue weighted by molar-refractivity contribution is -0.248. The number of pyridine rings is 1. The Labute approximate surface area is 135 Å². The fourth-order valence-corrected chi connectivity index (χ4v) is 2.36. The van der Waals surface area contributed by atoms with Gasteiger partial charge in [0.1, 0.15) is 5.84 Å². The number of hydrogen-bond donors (Lipinski definition) is 1. The summed E-state index contributed by atoms with van der Waals surface area (Å²) >= 11 is 0. The Balaban J connectivity index is 2.06. The van der Waals surface area contributed by atoms with Gasteiger partial charge < -0.3 is 5.11 Å². The minimum absolute atomic E-state index is 0.159. The summed E-state index contributed by atoms with van der Waals surface area (Å²) in [6, 6.07) is 11.1. The van der Waals surface area contributed by atoms with Crippen molar-refractivity contribution >= 4 is 11.7 Å². The lowest BCUT2D eigenvalue weighted by Crippen LogP contribution is -2.52. The molecule has 0 radical (unpaired) electrons. The third kappa shape index (κ3) is 2.65. The van der Waals surface area contributed by atoms with Gasteiger partial charge in [-0.1, -0.05) is 30.3 Å². The van der Waals surface area contributed by atoms with Gasteiger partial charge in [0, 0.05) is 18.0 Å². The highest BCUT2D eigenvalue weighted by atomic mass is 19.4. The summed E-state index contributed by atoms with van der Waals surface area (Å²) in [6.07, 6.45) is -2.28. The number of aromatic nitrogens is 1. The van der Waals surface area contributed by atoms with E-state index >= 15 is 0 Å². The summed E-state index contributed by atoms with van der Waals surface area (Å²) < 4.78 is 39.5. The molecule has 2 aromatic rings. The molecule has 0 saturated heterocycles. The van der Waals surface area contributed by atoms with Gasteiger partial charge in [0.15, 0.2) is 0 Å². The smallest absolute Gasteiger partial charge is 0.355 e. The molecule has 1 atom stereocenters. The van der Waals surface area contributed by atoms with Gasteiger partial charge in [0.2, 0.25) is 0 Å². The molecule has 124 valence electrons. The van der Waals surface area contributed by atoms with Gasteiger partial charge in [0.05, 0.1) is 6.54 Å². The number of aliphatic imine (C=N–C) groups is 1. The van der Waals surface area contributed by atoms with Crippen LogP contribution >= 0.6 is 0 Å². The van der Waals surface area contributed by atoms with Crippen LogP contribution in [0, 0.1) is 0 Å². The van der Waals surface area contributed by atoms with Crippen molar-refractivity contribution in [1.29, 1.82) is 0 Å². The number of rotatable bonds is 3. The maximum Gasteiger partial charge on any atom is 0.448 e. The van der Waals surface area contributed by atoms with E-state index in [-0.39, 0.29) is 12.4 Å². The first-order chi connectivity index (χ1) is 11.3. The van der Waals surface area contributed by atoms with E-state index in [0.717, 1.165) is 4.90 Å². The second kappa shape index (κ2) is 5.72. The number of carbonyl (C=O) groups excluding carboxylic acids is 1. The van der Waals surface area contributed by atoms with Crippen molar-refractivity contribution in [1.82, 2.24) is 9.88 Å². The van der Waals surface area contributed by atoms with E-state index in [2.05, 4.69) is 9.98 Å². The molecule has 1 aromatic carbocycles. The molecule has 0 fully saturated rings. The standard InChI is InChI=1S/C16H12F3N3O2/c17-16(18,19)15(24)14(23)22(10-11-6-8-20-9-7-11)13(21-15)12-4-2-1-3-5-12/h1-9,24H,10H2. The van der Waals surface area contributed by atoms with E-state index in [1.54, 1.807) is 30.3 Å². The zero-order valence-electron chi connectivity index (χ0n) is 12.2. The van der Waals surface area contributed by atoms with E-state index in [0.29, 0.717) is 11.1 Å². The van der Waals surface area contributed by atoms with E-state index in [1.165, 1.54) is 24.5 Å². The Morgan fingerprint density at radius 2 is 1.71 bits per heavy atom. The van der Waals surface area contributed by atoms with Crippen LogP contribution < -0.4 is 0 Å². The van der Waals surface area contributed by atoms with Crippen LogP contribution in [-0.4, -0.2) is 38.6 Å². The van der Waals surface area contributed by atoms with Gasteiger partial charge in [0.25, 0.3) is 5.91 Å². The van der Waals surface area contributed by atoms with Gasteiger partial charge >= 0.3 is 11.9 Å². The van der Waals surface area contributed by atoms with Crippen molar-refractivity contribution in [2.75, 3.05) is 0 Å². The molecule has 8 heteroatoms. The molecule has 1 unspecified atom stereocenters. The number of benzene rings is 1. The Bertz CT molecular complexity index is 778. The highest BCUT2D eigenvalue weighted by Crippen LogP contribution is 2.38. The van der Waals surface area contributed by atoms with Gasteiger partial charge in [-0.3, -0.25) is 14.7 Å². The number of aliphatic hydroxyl groups is 1. The molecule has 0 bridgehead atoms. The van der Waals surface area contributed by atoms with E-state index in [1.807, 2.05) is 0 Å². The van der Waals surface area contributed by atoms with Gasteiger partial charge in [-0.25, -0.2) is 4.99 Å². The average molecular weight is 335 g/mol. The van der Waals surface area contributed by atoms with E-state index in [4.69, 9.17) is 0 Å². The summed E-state index contributed by atoms with van der Waals surface area (Å²) in [4.78, 5) is 20.3. The second-order valence-electron chi connectivity index (χ2n) is 5.22. The summed E-state index contributed by atoms with van der Waals surface area (Å²) in [5, 5.41) is 9.86. The largest absolute Gasteiger partial charge is 0.448 e. The number of nitrogens with zero attached hydrogens (tertiary/aromatic N) is 3. The minimum atomic E-state index is -5.21. The fraction of sp³-hybridized carbons (Fsp3) is 0.188. The van der Waals surface area contributed by atoms with Crippen molar-refractivity contribution in [3.8, 4) is 0 Å². The highest BCUT2D eigenvalue weighted by Gasteiger charge is 2.65. The molecule has 0 spiro atoms. The molecule has 1 amide bonds. The van der Waals surface area contributed by atoms with Crippen LogP contribution in [0.15, 0.2) is 59.9 Å². The number of halogens is 3. The zero-order chi connectivity index (χ0) is 17.4. The average Bonchev–Trinajstić information content (AvgIpc) is 2.83. The number of hydrogen-bond acceptors (Lipinski definition) is 4. The van der Waals surface area contributed by atoms with Gasteiger partial charge in [-0.05, 0) is 17.7 Å². The van der Waals surface area contributed by atoms with Crippen LogP contribution in [0.5, 0.6) is 0 Å². The Hall–Kier alpha value is -2.74. The Kier molecular flexibility index (Phi) is 3.84. The summed E-state index contributed by atoms with van der Waals surface area (Å²) in [5.41, 5.74) is -2.90. The zero-order valence-corrected chi connectivity index (χ0v) is 12.2. The molecule has 1 N–H and O–H groups in total. The molecule has 2 heterocycles. The molecule has 24 heavy (non-hydrogen) atoms. The molecule has 0 aliphatic carbocycles. The second-order valence-corrected chi connectivity index (χ2v) is 5.22. The first-order valence-corrected chi connectivity index (χ1v) is 6.98. The number of alkyl halides is 3. The maximum absolute atomic E-state index is 13.2. The Morgan fingerprint density at radius 3 is 2.29 bits per heavy atom. The molecule has 3 rings (SSSR count). The van der Waals surface area contributed by atoms with Crippen molar-refractivity contribution in [2.24, 2.45) is 4.99 Å². The summed E-state index contributed by atoms with van der Waals surface area (Å²) in [5.74, 6) is -1.75. The van der Waals surface area contributed by atoms with Crippen molar-refractivity contribution in [2.45, 2.75) is 18.4 Å². The molecular weight excluding hydrogens is 323 g/mol. The minimum Gasteiger partial charge on any atom is -0.355 e. The number of amidine groups is 1. The quantitative estimate of drug-likeness (QED) is 0.934. The van der Waals surface area contributed by atoms with Crippen LogP contribution in [0.25, 0.3) is 0 Å². The van der Waals surface area contributed by atoms with Crippen LogP contribution in [-0.2, 0) is 11.3 Å². The van der Waals surface area contributed by atoms with Gasteiger partial charge in [-0.2, -0.15) is 13.2 Å². The highest BCUT2D eigenvalue weighted by molar-refractivity contribution is 6.14. The normalized spacial score (nSPS) is 21.1. The number of amides is 1. The molecular formula is C16H12F3N3O2. The predicted octanol–water partition coefficient (Wildman–Crippen LogP) is 2.12.